The lowest BCUT2D eigenvalue weighted by molar-refractivity contribution is -0.143. The van der Waals surface area contributed by atoms with Crippen molar-refractivity contribution in [2.75, 3.05) is 29.9 Å². The summed E-state index contributed by atoms with van der Waals surface area (Å²) in [6, 6.07) is 2.07. The molecular formula is C19H26N4O2S. The molecule has 0 atom stereocenters. The van der Waals surface area contributed by atoms with Gasteiger partial charge in [0.15, 0.2) is 0 Å². The van der Waals surface area contributed by atoms with Gasteiger partial charge >= 0.3 is 5.97 Å². The number of anilines is 2. The van der Waals surface area contributed by atoms with Crippen LogP contribution in [0.4, 0.5) is 11.8 Å². The van der Waals surface area contributed by atoms with Crippen molar-refractivity contribution in [1.82, 2.24) is 9.97 Å². The van der Waals surface area contributed by atoms with Gasteiger partial charge in [0.25, 0.3) is 0 Å². The molecule has 2 aromatic rings. The number of rotatable bonds is 5. The SMILES string of the molecule is O=C(O)C1CCC(CNc2nc(N3CCCCC3)nc3ccsc23)CC1. The number of piperidine rings is 1. The Morgan fingerprint density at radius 3 is 2.69 bits per heavy atom. The largest absolute Gasteiger partial charge is 0.481 e. The molecule has 0 unspecified atom stereocenters. The van der Waals surface area contributed by atoms with Crippen LogP contribution in [-0.4, -0.2) is 40.7 Å². The maximum Gasteiger partial charge on any atom is 0.306 e. The zero-order valence-corrected chi connectivity index (χ0v) is 15.8. The molecule has 0 bridgehead atoms. The second kappa shape index (κ2) is 7.78. The Balaban J connectivity index is 1.45. The van der Waals surface area contributed by atoms with E-state index in [1.165, 1.54) is 19.3 Å². The smallest absolute Gasteiger partial charge is 0.306 e. The quantitative estimate of drug-likeness (QED) is 0.824. The first-order valence-electron chi connectivity index (χ1n) is 9.67. The van der Waals surface area contributed by atoms with E-state index in [0.29, 0.717) is 5.92 Å². The first-order chi connectivity index (χ1) is 12.7. The Hall–Kier alpha value is -1.89. The lowest BCUT2D eigenvalue weighted by atomic mass is 9.82. The van der Waals surface area contributed by atoms with Crippen molar-refractivity contribution in [3.8, 4) is 0 Å². The highest BCUT2D eigenvalue weighted by atomic mass is 32.1. The van der Waals surface area contributed by atoms with E-state index in [0.717, 1.165) is 67.3 Å². The zero-order chi connectivity index (χ0) is 17.9. The van der Waals surface area contributed by atoms with Crippen LogP contribution in [0, 0.1) is 11.8 Å². The van der Waals surface area contributed by atoms with E-state index in [9.17, 15) is 4.79 Å². The van der Waals surface area contributed by atoms with Crippen LogP contribution < -0.4 is 10.2 Å². The first kappa shape index (κ1) is 17.5. The van der Waals surface area contributed by atoms with Crippen LogP contribution in [0.1, 0.15) is 44.9 Å². The normalized spacial score (nSPS) is 23.9. The van der Waals surface area contributed by atoms with Crippen molar-refractivity contribution in [3.63, 3.8) is 0 Å². The van der Waals surface area contributed by atoms with Gasteiger partial charge in [0.2, 0.25) is 5.95 Å². The van der Waals surface area contributed by atoms with E-state index >= 15 is 0 Å². The summed E-state index contributed by atoms with van der Waals surface area (Å²) in [6.07, 6.45) is 7.24. The molecule has 7 heteroatoms. The van der Waals surface area contributed by atoms with Crippen molar-refractivity contribution in [3.05, 3.63) is 11.4 Å². The molecule has 6 nitrogen and oxygen atoms in total. The Kier molecular flexibility index (Phi) is 5.24. The lowest BCUT2D eigenvalue weighted by Crippen LogP contribution is -2.31. The summed E-state index contributed by atoms with van der Waals surface area (Å²) in [6.45, 7) is 2.93. The molecule has 1 saturated heterocycles. The Labute approximate surface area is 157 Å². The average Bonchev–Trinajstić information content (AvgIpc) is 3.16. The maximum atomic E-state index is 11.1. The van der Waals surface area contributed by atoms with Crippen LogP contribution in [0.5, 0.6) is 0 Å². The van der Waals surface area contributed by atoms with Gasteiger partial charge in [-0.3, -0.25) is 4.79 Å². The molecule has 0 aromatic carbocycles. The van der Waals surface area contributed by atoms with Gasteiger partial charge in [-0.2, -0.15) is 4.98 Å². The molecule has 2 aliphatic rings. The minimum Gasteiger partial charge on any atom is -0.481 e. The monoisotopic (exact) mass is 374 g/mol. The lowest BCUT2D eigenvalue weighted by Gasteiger charge is -2.28. The van der Waals surface area contributed by atoms with Crippen molar-refractivity contribution < 1.29 is 9.90 Å². The van der Waals surface area contributed by atoms with E-state index < -0.39 is 5.97 Å². The number of carbonyl (C=O) groups is 1. The highest BCUT2D eigenvalue weighted by molar-refractivity contribution is 7.17. The number of hydrogen-bond donors (Lipinski definition) is 2. The molecule has 4 rings (SSSR count). The standard InChI is InChI=1S/C19H26N4O2S/c24-18(25)14-6-4-13(5-7-14)12-20-17-16-15(8-11-26-16)21-19(22-17)23-9-2-1-3-10-23/h8,11,13-14H,1-7,9-10,12H2,(H,24,25)(H,20,21,22). The molecule has 140 valence electrons. The minimum atomic E-state index is -0.640. The van der Waals surface area contributed by atoms with E-state index in [1.807, 2.05) is 0 Å². The van der Waals surface area contributed by atoms with E-state index in [1.54, 1.807) is 11.3 Å². The summed E-state index contributed by atoms with van der Waals surface area (Å²) in [5.74, 6) is 1.51. The fraction of sp³-hybridized carbons (Fsp3) is 0.632. The summed E-state index contributed by atoms with van der Waals surface area (Å²) in [4.78, 5) is 23.0. The van der Waals surface area contributed by atoms with Gasteiger partial charge in [-0.25, -0.2) is 4.98 Å². The molecule has 26 heavy (non-hydrogen) atoms. The highest BCUT2D eigenvalue weighted by Crippen LogP contribution is 2.32. The van der Waals surface area contributed by atoms with Gasteiger partial charge in [0.1, 0.15) is 5.82 Å². The summed E-state index contributed by atoms with van der Waals surface area (Å²) < 4.78 is 1.12. The number of aromatic nitrogens is 2. The number of carboxylic acids is 1. The number of thiophene rings is 1. The molecule has 2 fully saturated rings. The van der Waals surface area contributed by atoms with Crippen LogP contribution >= 0.6 is 11.3 Å². The number of nitrogens with zero attached hydrogens (tertiary/aromatic N) is 3. The van der Waals surface area contributed by atoms with Crippen molar-refractivity contribution in [2.24, 2.45) is 11.8 Å². The zero-order valence-electron chi connectivity index (χ0n) is 15.0. The Bertz CT molecular complexity index is 764. The predicted octanol–water partition coefficient (Wildman–Crippen LogP) is 3.98. The van der Waals surface area contributed by atoms with Crippen molar-refractivity contribution in [1.29, 1.82) is 0 Å². The molecule has 1 aliphatic carbocycles. The van der Waals surface area contributed by atoms with Crippen molar-refractivity contribution in [2.45, 2.75) is 44.9 Å². The Morgan fingerprint density at radius 2 is 1.96 bits per heavy atom. The second-order valence-corrected chi connectivity index (χ2v) is 8.41. The van der Waals surface area contributed by atoms with Crippen molar-refractivity contribution >= 4 is 39.3 Å². The molecule has 0 spiro atoms. The third-order valence-electron chi connectivity index (χ3n) is 5.68. The number of carboxylic acid groups (broad SMARTS) is 1. The molecule has 2 aromatic heterocycles. The minimum absolute atomic E-state index is 0.153. The van der Waals surface area contributed by atoms with E-state index in [-0.39, 0.29) is 5.92 Å². The number of aliphatic carboxylic acids is 1. The van der Waals surface area contributed by atoms with Crippen LogP contribution in [0.2, 0.25) is 0 Å². The molecule has 2 N–H and O–H groups in total. The second-order valence-electron chi connectivity index (χ2n) is 7.49. The number of nitrogens with one attached hydrogen (secondary N) is 1. The van der Waals surface area contributed by atoms with Gasteiger partial charge in [0.05, 0.1) is 16.1 Å². The Morgan fingerprint density at radius 1 is 1.19 bits per heavy atom. The third kappa shape index (κ3) is 3.77. The van der Waals surface area contributed by atoms with Crippen LogP contribution in [0.3, 0.4) is 0 Å². The number of fused-ring (bicyclic) bond motifs is 1. The molecule has 0 amide bonds. The van der Waals surface area contributed by atoms with Crippen LogP contribution in [0.25, 0.3) is 10.2 Å². The summed E-state index contributed by atoms with van der Waals surface area (Å²) in [5, 5.41) is 14.8. The van der Waals surface area contributed by atoms with Gasteiger partial charge in [-0.15, -0.1) is 11.3 Å². The van der Waals surface area contributed by atoms with Gasteiger partial charge in [-0.1, -0.05) is 0 Å². The molecule has 3 heterocycles. The maximum absolute atomic E-state index is 11.1. The van der Waals surface area contributed by atoms with E-state index in [2.05, 4.69) is 21.7 Å². The molecule has 1 aliphatic heterocycles. The topological polar surface area (TPSA) is 78.3 Å². The molecule has 1 saturated carbocycles. The van der Waals surface area contributed by atoms with Gasteiger partial charge in [-0.05, 0) is 62.3 Å². The van der Waals surface area contributed by atoms with Crippen LogP contribution in [0.15, 0.2) is 11.4 Å². The molecule has 0 radical (unpaired) electrons. The molecular weight excluding hydrogens is 348 g/mol. The summed E-state index contributed by atoms with van der Waals surface area (Å²) in [5.41, 5.74) is 1.02. The number of hydrogen-bond acceptors (Lipinski definition) is 6. The highest BCUT2D eigenvalue weighted by Gasteiger charge is 2.26. The van der Waals surface area contributed by atoms with Crippen LogP contribution in [-0.2, 0) is 4.79 Å². The fourth-order valence-corrected chi connectivity index (χ4v) is 4.86. The van der Waals surface area contributed by atoms with E-state index in [4.69, 9.17) is 15.1 Å². The summed E-state index contributed by atoms with van der Waals surface area (Å²) in [7, 11) is 0. The average molecular weight is 375 g/mol. The van der Waals surface area contributed by atoms with Gasteiger partial charge in [0, 0.05) is 19.6 Å². The first-order valence-corrected chi connectivity index (χ1v) is 10.6. The fourth-order valence-electron chi connectivity index (χ4n) is 4.06. The van der Waals surface area contributed by atoms with Gasteiger partial charge < -0.3 is 15.3 Å². The summed E-state index contributed by atoms with van der Waals surface area (Å²) >= 11 is 1.68. The third-order valence-corrected chi connectivity index (χ3v) is 6.60. The predicted molar refractivity (Wildman–Crippen MR) is 105 cm³/mol.